The standard InChI is InChI=1S/C18H15ClN2O3/c1-9-5-10(2)16(20-8-9)18(24)17-13(7-15(22)23)12-4-3-11(19)6-14(12)21-17/h3-6,8,21H,7H2,1-2H3,(H,22,23). The van der Waals surface area contributed by atoms with Crippen molar-refractivity contribution in [2.24, 2.45) is 0 Å². The van der Waals surface area contributed by atoms with E-state index in [4.69, 9.17) is 11.6 Å². The Kier molecular flexibility index (Phi) is 4.11. The van der Waals surface area contributed by atoms with Crippen LogP contribution in [-0.2, 0) is 11.2 Å². The lowest BCUT2D eigenvalue weighted by molar-refractivity contribution is -0.136. The van der Waals surface area contributed by atoms with Gasteiger partial charge in [-0.05, 0) is 37.1 Å². The molecule has 0 saturated carbocycles. The van der Waals surface area contributed by atoms with Crippen LogP contribution in [0, 0.1) is 13.8 Å². The number of aryl methyl sites for hydroxylation is 2. The number of aromatic nitrogens is 2. The van der Waals surface area contributed by atoms with Crippen LogP contribution in [0.5, 0.6) is 0 Å². The summed E-state index contributed by atoms with van der Waals surface area (Å²) in [4.78, 5) is 31.4. The molecule has 3 rings (SSSR count). The number of halogens is 1. The Morgan fingerprint density at radius 3 is 2.67 bits per heavy atom. The minimum Gasteiger partial charge on any atom is -0.481 e. The first-order valence-corrected chi connectivity index (χ1v) is 7.74. The first kappa shape index (κ1) is 16.2. The fourth-order valence-corrected chi connectivity index (χ4v) is 3.00. The molecule has 2 N–H and O–H groups in total. The fraction of sp³-hybridized carbons (Fsp3) is 0.167. The highest BCUT2D eigenvalue weighted by atomic mass is 35.5. The van der Waals surface area contributed by atoms with Crippen LogP contribution in [-0.4, -0.2) is 26.8 Å². The number of pyridine rings is 1. The number of benzene rings is 1. The number of H-pyrrole nitrogens is 1. The average molecular weight is 343 g/mol. The van der Waals surface area contributed by atoms with Gasteiger partial charge >= 0.3 is 5.97 Å². The number of nitrogens with zero attached hydrogens (tertiary/aromatic N) is 1. The number of aliphatic carboxylic acids is 1. The van der Waals surface area contributed by atoms with Crippen molar-refractivity contribution in [1.29, 1.82) is 0 Å². The van der Waals surface area contributed by atoms with E-state index in [1.165, 1.54) is 0 Å². The zero-order chi connectivity index (χ0) is 17.4. The van der Waals surface area contributed by atoms with E-state index in [-0.39, 0.29) is 17.9 Å². The molecule has 3 aromatic rings. The van der Waals surface area contributed by atoms with E-state index in [1.807, 2.05) is 19.9 Å². The van der Waals surface area contributed by atoms with Gasteiger partial charge in [-0.15, -0.1) is 0 Å². The number of carbonyl (C=O) groups is 2. The van der Waals surface area contributed by atoms with Crippen LogP contribution < -0.4 is 0 Å². The maximum atomic E-state index is 12.9. The molecule has 0 bridgehead atoms. The molecule has 0 aliphatic heterocycles. The number of hydrogen-bond acceptors (Lipinski definition) is 3. The van der Waals surface area contributed by atoms with Gasteiger partial charge in [0.2, 0.25) is 5.78 Å². The third-order valence-electron chi connectivity index (χ3n) is 3.85. The van der Waals surface area contributed by atoms with Gasteiger partial charge in [0, 0.05) is 27.7 Å². The highest BCUT2D eigenvalue weighted by molar-refractivity contribution is 6.31. The maximum absolute atomic E-state index is 12.9. The molecule has 0 fully saturated rings. The highest BCUT2D eigenvalue weighted by Crippen LogP contribution is 2.27. The number of aromatic amines is 1. The van der Waals surface area contributed by atoms with Gasteiger partial charge in [0.1, 0.15) is 5.69 Å². The van der Waals surface area contributed by atoms with E-state index in [1.54, 1.807) is 24.4 Å². The third kappa shape index (κ3) is 2.90. The second-order valence-electron chi connectivity index (χ2n) is 5.75. The molecule has 0 spiro atoms. The number of ketones is 1. The summed E-state index contributed by atoms with van der Waals surface area (Å²) in [6, 6.07) is 6.94. The monoisotopic (exact) mass is 342 g/mol. The van der Waals surface area contributed by atoms with Crippen molar-refractivity contribution in [3.05, 3.63) is 63.6 Å². The van der Waals surface area contributed by atoms with Crippen molar-refractivity contribution in [3.8, 4) is 0 Å². The van der Waals surface area contributed by atoms with Gasteiger partial charge in [0.05, 0.1) is 12.1 Å². The van der Waals surface area contributed by atoms with Crippen LogP contribution in [0.15, 0.2) is 30.5 Å². The van der Waals surface area contributed by atoms with Crippen LogP contribution in [0.25, 0.3) is 10.9 Å². The zero-order valence-electron chi connectivity index (χ0n) is 13.2. The minimum atomic E-state index is -1.01. The largest absolute Gasteiger partial charge is 0.481 e. The van der Waals surface area contributed by atoms with Crippen molar-refractivity contribution < 1.29 is 14.7 Å². The van der Waals surface area contributed by atoms with Gasteiger partial charge in [-0.3, -0.25) is 14.6 Å². The molecule has 122 valence electrons. The number of fused-ring (bicyclic) bond motifs is 1. The molecule has 6 heteroatoms. The minimum absolute atomic E-state index is 0.245. The molecular weight excluding hydrogens is 328 g/mol. The van der Waals surface area contributed by atoms with Crippen molar-refractivity contribution in [2.45, 2.75) is 20.3 Å². The summed E-state index contributed by atoms with van der Waals surface area (Å²) in [6.07, 6.45) is 1.37. The van der Waals surface area contributed by atoms with Crippen molar-refractivity contribution in [1.82, 2.24) is 9.97 Å². The second kappa shape index (κ2) is 6.09. The first-order valence-electron chi connectivity index (χ1n) is 7.36. The quantitative estimate of drug-likeness (QED) is 0.708. The lowest BCUT2D eigenvalue weighted by Crippen LogP contribution is -2.11. The van der Waals surface area contributed by atoms with Crippen molar-refractivity contribution >= 4 is 34.3 Å². The molecule has 0 radical (unpaired) electrons. The Hall–Kier alpha value is -2.66. The first-order chi connectivity index (χ1) is 11.4. The molecule has 1 aromatic carbocycles. The molecule has 24 heavy (non-hydrogen) atoms. The van der Waals surface area contributed by atoms with Crippen LogP contribution in [0.3, 0.4) is 0 Å². The Morgan fingerprint density at radius 2 is 2.00 bits per heavy atom. The summed E-state index contributed by atoms with van der Waals surface area (Å²) in [6.45, 7) is 3.71. The number of hydrogen-bond donors (Lipinski definition) is 2. The van der Waals surface area contributed by atoms with Gasteiger partial charge in [0.15, 0.2) is 0 Å². The molecule has 0 aliphatic carbocycles. The second-order valence-corrected chi connectivity index (χ2v) is 6.18. The number of carboxylic acids is 1. The van der Waals surface area contributed by atoms with Crippen molar-refractivity contribution in [3.63, 3.8) is 0 Å². The van der Waals surface area contributed by atoms with E-state index in [0.29, 0.717) is 27.2 Å². The van der Waals surface area contributed by atoms with Crippen LogP contribution in [0.2, 0.25) is 5.02 Å². The molecule has 2 heterocycles. The summed E-state index contributed by atoms with van der Waals surface area (Å²) in [5, 5.41) is 10.4. The van der Waals surface area contributed by atoms with Crippen molar-refractivity contribution in [2.75, 3.05) is 0 Å². The Balaban J connectivity index is 2.20. The predicted molar refractivity (Wildman–Crippen MR) is 91.8 cm³/mol. The normalized spacial score (nSPS) is 11.0. The maximum Gasteiger partial charge on any atom is 0.307 e. The summed E-state index contributed by atoms with van der Waals surface area (Å²) in [5.74, 6) is -1.33. The van der Waals surface area contributed by atoms with Crippen LogP contribution in [0.4, 0.5) is 0 Å². The summed E-state index contributed by atoms with van der Waals surface area (Å²) >= 11 is 5.99. The lowest BCUT2D eigenvalue weighted by Gasteiger charge is -2.05. The summed E-state index contributed by atoms with van der Waals surface area (Å²) in [7, 11) is 0. The Morgan fingerprint density at radius 1 is 1.25 bits per heavy atom. The highest BCUT2D eigenvalue weighted by Gasteiger charge is 2.23. The van der Waals surface area contributed by atoms with E-state index in [0.717, 1.165) is 11.1 Å². The number of carboxylic acid groups (broad SMARTS) is 1. The summed E-state index contributed by atoms with van der Waals surface area (Å²) in [5.41, 5.74) is 3.34. The molecule has 5 nitrogen and oxygen atoms in total. The molecule has 0 aliphatic rings. The topological polar surface area (TPSA) is 83.0 Å². The Bertz CT molecular complexity index is 976. The van der Waals surface area contributed by atoms with Gasteiger partial charge in [-0.25, -0.2) is 0 Å². The smallest absolute Gasteiger partial charge is 0.307 e. The molecule has 0 atom stereocenters. The van der Waals surface area contributed by atoms with Crippen LogP contribution in [0.1, 0.15) is 32.9 Å². The molecule has 2 aromatic heterocycles. The SMILES string of the molecule is Cc1cnc(C(=O)c2[nH]c3cc(Cl)ccc3c2CC(=O)O)c(C)c1. The number of nitrogens with one attached hydrogen (secondary N) is 1. The average Bonchev–Trinajstić information content (AvgIpc) is 2.83. The molecular formula is C18H15ClN2O3. The van der Waals surface area contributed by atoms with E-state index >= 15 is 0 Å². The van der Waals surface area contributed by atoms with Gasteiger partial charge in [0.25, 0.3) is 0 Å². The zero-order valence-corrected chi connectivity index (χ0v) is 13.9. The molecule has 0 amide bonds. The van der Waals surface area contributed by atoms with Crippen LogP contribution >= 0.6 is 11.6 Å². The van der Waals surface area contributed by atoms with E-state index in [9.17, 15) is 14.7 Å². The summed E-state index contributed by atoms with van der Waals surface area (Å²) < 4.78 is 0. The van der Waals surface area contributed by atoms with E-state index < -0.39 is 5.97 Å². The lowest BCUT2D eigenvalue weighted by atomic mass is 10.0. The van der Waals surface area contributed by atoms with Gasteiger partial charge in [-0.2, -0.15) is 0 Å². The predicted octanol–water partition coefficient (Wildman–Crippen LogP) is 3.69. The van der Waals surface area contributed by atoms with Gasteiger partial charge in [-0.1, -0.05) is 23.7 Å². The van der Waals surface area contributed by atoms with Gasteiger partial charge < -0.3 is 10.1 Å². The third-order valence-corrected chi connectivity index (χ3v) is 4.09. The van der Waals surface area contributed by atoms with E-state index in [2.05, 4.69) is 9.97 Å². The molecule has 0 unspecified atom stereocenters. The number of carbonyl (C=O) groups excluding carboxylic acids is 1. The molecule has 0 saturated heterocycles. The Labute approximate surface area is 143 Å². The number of rotatable bonds is 4. The fourth-order valence-electron chi connectivity index (χ4n) is 2.83.